The van der Waals surface area contributed by atoms with Crippen LogP contribution in [0, 0.1) is 13.8 Å². The largest absolute Gasteiger partial charge is 0.452 e. The number of fused-ring (bicyclic) bond motifs is 21. The first kappa shape index (κ1) is 44.1. The molecule has 0 bridgehead atoms. The number of rotatable bonds is 6. The van der Waals surface area contributed by atoms with Crippen molar-refractivity contribution in [3.63, 3.8) is 0 Å². The van der Waals surface area contributed by atoms with Crippen LogP contribution in [0.15, 0.2) is 251 Å². The third kappa shape index (κ3) is 5.86. The molecule has 0 aliphatic carbocycles. The highest BCUT2D eigenvalue weighted by Crippen LogP contribution is 2.48. The lowest BCUT2D eigenvalue weighted by molar-refractivity contribution is 0.634. The fourth-order valence-electron chi connectivity index (χ4n) is 14.4. The van der Waals surface area contributed by atoms with E-state index < -0.39 is 0 Å². The van der Waals surface area contributed by atoms with Gasteiger partial charge in [-0.3, -0.25) is 0 Å². The molecule has 0 saturated carbocycles. The quantitative estimate of drug-likeness (QED) is 0.166. The summed E-state index contributed by atoms with van der Waals surface area (Å²) in [6.45, 7) is 4.39. The number of hydrogen-bond acceptors (Lipinski definition) is 4. The molecule has 0 unspecified atom stereocenters. The third-order valence-electron chi connectivity index (χ3n) is 18.1. The molecule has 0 radical (unpaired) electrons. The first-order valence-electron chi connectivity index (χ1n) is 28.2. The smallest absolute Gasteiger partial charge is 0.178 e. The predicted molar refractivity (Wildman–Crippen MR) is 344 cm³/mol. The van der Waals surface area contributed by atoms with E-state index >= 15 is 0 Å². The second-order valence-electron chi connectivity index (χ2n) is 22.5. The zero-order chi connectivity index (χ0) is 53.6. The van der Waals surface area contributed by atoms with Gasteiger partial charge in [-0.1, -0.05) is 121 Å². The maximum Gasteiger partial charge on any atom is 0.178 e. The fourth-order valence-corrected chi connectivity index (χ4v) is 14.4. The van der Waals surface area contributed by atoms with Crippen molar-refractivity contribution in [2.24, 2.45) is 0 Å². The van der Waals surface area contributed by atoms with Gasteiger partial charge in [-0.25, -0.2) is 0 Å². The Bertz CT molecular complexity index is 5590. The lowest BCUT2D eigenvalue weighted by Crippen LogP contribution is -2.11. The lowest BCUT2D eigenvalue weighted by Gasteiger charge is -2.27. The lowest BCUT2D eigenvalue weighted by atomic mass is 10.0. The molecule has 0 aliphatic heterocycles. The molecule has 6 heterocycles. The molecular formula is C76H46N4O2. The van der Waals surface area contributed by atoms with Gasteiger partial charge in [0.2, 0.25) is 0 Å². The standard InChI is InChI=1S/C76H46N4O2/c1-43-13-3-7-21-65(43)77(51-29-33-69-61(41-51)57-19-11-17-55-53-15-5-9-23-67(53)79(69)73(55)57)49-27-25-45-37-63-59-31-32-60-64-38-46-26-28-50(36-48(46)40-72(64)82-76(60)75(59)81-71(63)39-47(45)35-49)78(66-22-8-4-14-44(66)2)52-30-34-70-62(42-52)58-20-12-18-56-54-16-6-10-24-68(54)80(70)74(56)58/h3-42H,1-2H3. The van der Waals surface area contributed by atoms with E-state index in [0.717, 1.165) is 99.5 Å². The minimum absolute atomic E-state index is 0.759. The van der Waals surface area contributed by atoms with E-state index in [-0.39, 0.29) is 0 Å². The molecule has 82 heavy (non-hydrogen) atoms. The van der Waals surface area contributed by atoms with Crippen LogP contribution < -0.4 is 9.80 Å². The Morgan fingerprint density at radius 2 is 0.646 bits per heavy atom. The van der Waals surface area contributed by atoms with Gasteiger partial charge >= 0.3 is 0 Å². The van der Waals surface area contributed by atoms with E-state index in [2.05, 4.69) is 275 Å². The summed E-state index contributed by atoms with van der Waals surface area (Å²) in [4.78, 5) is 4.81. The molecule has 0 spiro atoms. The van der Waals surface area contributed by atoms with Gasteiger partial charge in [-0.2, -0.15) is 0 Å². The SMILES string of the molecule is Cc1ccccc1N(c1ccc2cc3c(cc2c1)oc1c3ccc2c3cc4ccc(N(c5ccc6c(c5)c5cccc7c8ccccc8n6c75)c5ccccc5C)cc4cc3oc21)c1ccc2c(c1)c1cccc3c4ccccc4n2c31. The van der Waals surface area contributed by atoms with Crippen molar-refractivity contribution in [1.29, 1.82) is 0 Å². The van der Waals surface area contributed by atoms with Gasteiger partial charge in [0.05, 0.1) is 33.1 Å². The van der Waals surface area contributed by atoms with Crippen LogP contribution in [0.1, 0.15) is 11.1 Å². The fraction of sp³-hybridized carbons (Fsp3) is 0.0263. The zero-order valence-corrected chi connectivity index (χ0v) is 44.7. The van der Waals surface area contributed by atoms with E-state index in [1.165, 1.54) is 87.3 Å². The molecule has 13 aromatic carbocycles. The first-order valence-corrected chi connectivity index (χ1v) is 28.2. The molecule has 0 saturated heterocycles. The molecule has 0 amide bonds. The number of anilines is 6. The molecule has 6 nitrogen and oxygen atoms in total. The normalized spacial score (nSPS) is 12.5. The van der Waals surface area contributed by atoms with Crippen molar-refractivity contribution in [1.82, 2.24) is 8.80 Å². The number of hydrogen-bond donors (Lipinski definition) is 0. The molecule has 0 N–H and O–H groups in total. The first-order chi connectivity index (χ1) is 40.5. The summed E-state index contributed by atoms with van der Waals surface area (Å²) in [5.74, 6) is 0. The van der Waals surface area contributed by atoms with E-state index in [1.54, 1.807) is 0 Å². The van der Waals surface area contributed by atoms with Gasteiger partial charge in [0, 0.05) is 98.8 Å². The Labute approximate surface area is 468 Å². The van der Waals surface area contributed by atoms with Gasteiger partial charge in [0.25, 0.3) is 0 Å². The number of aromatic nitrogens is 2. The number of para-hydroxylation sites is 6. The number of aryl methyl sites for hydroxylation is 2. The molecule has 19 rings (SSSR count). The minimum atomic E-state index is 0.759. The molecule has 19 aromatic rings. The minimum Gasteiger partial charge on any atom is -0.452 e. The monoisotopic (exact) mass is 1050 g/mol. The summed E-state index contributed by atoms with van der Waals surface area (Å²) >= 11 is 0. The van der Waals surface area contributed by atoms with E-state index in [4.69, 9.17) is 8.83 Å². The van der Waals surface area contributed by atoms with Gasteiger partial charge in [-0.05, 0) is 168 Å². The van der Waals surface area contributed by atoms with Gasteiger partial charge in [0.1, 0.15) is 11.2 Å². The average Bonchev–Trinajstić information content (AvgIpc) is 3.15. The molecule has 6 aromatic heterocycles. The van der Waals surface area contributed by atoms with Crippen LogP contribution >= 0.6 is 0 Å². The van der Waals surface area contributed by atoms with Crippen molar-refractivity contribution in [2.45, 2.75) is 13.8 Å². The Kier molecular flexibility index (Phi) is 8.57. The van der Waals surface area contributed by atoms with Crippen LogP contribution in [0.5, 0.6) is 0 Å². The van der Waals surface area contributed by atoms with Crippen LogP contribution in [-0.4, -0.2) is 8.80 Å². The van der Waals surface area contributed by atoms with Gasteiger partial charge < -0.3 is 27.4 Å². The molecule has 0 aliphatic rings. The number of furan rings is 2. The Morgan fingerprint density at radius 1 is 0.268 bits per heavy atom. The number of benzene rings is 13. The highest BCUT2D eigenvalue weighted by atomic mass is 16.4. The maximum absolute atomic E-state index is 6.95. The molecule has 382 valence electrons. The van der Waals surface area contributed by atoms with E-state index in [1.807, 2.05) is 0 Å². The van der Waals surface area contributed by atoms with Gasteiger partial charge in [-0.15, -0.1) is 0 Å². The van der Waals surface area contributed by atoms with Crippen molar-refractivity contribution >= 4 is 176 Å². The summed E-state index contributed by atoms with van der Waals surface area (Å²) in [6, 6.07) is 89.2. The van der Waals surface area contributed by atoms with E-state index in [0.29, 0.717) is 0 Å². The van der Waals surface area contributed by atoms with E-state index in [9.17, 15) is 0 Å². The maximum atomic E-state index is 6.95. The summed E-state index contributed by atoms with van der Waals surface area (Å²) in [6.07, 6.45) is 0. The summed E-state index contributed by atoms with van der Waals surface area (Å²) in [5, 5.41) is 18.8. The molecule has 0 atom stereocenters. The Morgan fingerprint density at radius 3 is 1.11 bits per heavy atom. The van der Waals surface area contributed by atoms with Crippen LogP contribution in [0.2, 0.25) is 0 Å². The van der Waals surface area contributed by atoms with Gasteiger partial charge in [0.15, 0.2) is 11.2 Å². The van der Waals surface area contributed by atoms with Crippen LogP contribution in [0.3, 0.4) is 0 Å². The summed E-state index contributed by atoms with van der Waals surface area (Å²) < 4.78 is 18.8. The van der Waals surface area contributed by atoms with Crippen LogP contribution in [0.4, 0.5) is 34.1 Å². The second kappa shape index (κ2) is 15.9. The summed E-state index contributed by atoms with van der Waals surface area (Å²) in [7, 11) is 0. The second-order valence-corrected chi connectivity index (χ2v) is 22.5. The number of nitrogens with zero attached hydrogens (tertiary/aromatic N) is 4. The van der Waals surface area contributed by atoms with Crippen LogP contribution in [0.25, 0.3) is 142 Å². The Hall–Kier alpha value is -10.8. The topological polar surface area (TPSA) is 41.6 Å². The van der Waals surface area contributed by atoms with Crippen molar-refractivity contribution in [3.8, 4) is 0 Å². The average molecular weight is 1050 g/mol. The third-order valence-corrected chi connectivity index (χ3v) is 18.1. The summed E-state index contributed by atoms with van der Waals surface area (Å²) in [5.41, 5.74) is 19.6. The Balaban J connectivity index is 0.727. The highest BCUT2D eigenvalue weighted by Gasteiger charge is 2.25. The van der Waals surface area contributed by atoms with Crippen molar-refractivity contribution < 1.29 is 8.83 Å². The molecule has 0 fully saturated rings. The zero-order valence-electron chi connectivity index (χ0n) is 44.7. The van der Waals surface area contributed by atoms with Crippen molar-refractivity contribution in [3.05, 3.63) is 254 Å². The van der Waals surface area contributed by atoms with Crippen molar-refractivity contribution in [2.75, 3.05) is 9.80 Å². The molecule has 6 heteroatoms. The molecular weight excluding hydrogens is 1000 g/mol. The highest BCUT2D eigenvalue weighted by molar-refractivity contribution is 6.26. The van der Waals surface area contributed by atoms with Crippen LogP contribution in [-0.2, 0) is 0 Å². The predicted octanol–water partition coefficient (Wildman–Crippen LogP) is 21.6.